The Bertz CT molecular complexity index is 556. The van der Waals surface area contributed by atoms with Crippen molar-refractivity contribution >= 4 is 5.97 Å². The fourth-order valence-corrected chi connectivity index (χ4v) is 4.48. The number of likely N-dealkylation sites (tertiary alicyclic amines) is 2. The Labute approximate surface area is 138 Å². The molecular formula is C18H28N2O3. The maximum absolute atomic E-state index is 12.2. The lowest BCUT2D eigenvalue weighted by molar-refractivity contribution is -0.164. The van der Waals surface area contributed by atoms with E-state index >= 15 is 0 Å². The molecular weight excluding hydrogens is 292 g/mol. The standard InChI is InChI=1S/C18H28N2O3/c1-3-9-19-11-7-16-18(13-19,17(21)22)8-4-10-20(16)12-15-6-5-14(2)23-15/h5-6,16H,3-4,7-13H2,1-2H3,(H,21,22)/t16-,18+/m1/s1. The molecule has 1 N–H and O–H groups in total. The molecule has 0 bridgehead atoms. The molecule has 5 heteroatoms. The van der Waals surface area contributed by atoms with E-state index in [-0.39, 0.29) is 6.04 Å². The minimum Gasteiger partial charge on any atom is -0.481 e. The molecule has 2 saturated heterocycles. The lowest BCUT2D eigenvalue weighted by Crippen LogP contribution is -2.63. The Morgan fingerprint density at radius 3 is 2.91 bits per heavy atom. The summed E-state index contributed by atoms with van der Waals surface area (Å²) >= 11 is 0. The topological polar surface area (TPSA) is 56.9 Å². The van der Waals surface area contributed by atoms with Gasteiger partial charge in [0.1, 0.15) is 11.5 Å². The molecule has 3 rings (SSSR count). The largest absolute Gasteiger partial charge is 0.481 e. The van der Waals surface area contributed by atoms with Gasteiger partial charge >= 0.3 is 5.97 Å². The van der Waals surface area contributed by atoms with Crippen molar-refractivity contribution in [3.8, 4) is 0 Å². The monoisotopic (exact) mass is 320 g/mol. The zero-order valence-electron chi connectivity index (χ0n) is 14.3. The first kappa shape index (κ1) is 16.5. The molecule has 128 valence electrons. The minimum atomic E-state index is -0.622. The molecule has 0 spiro atoms. The van der Waals surface area contributed by atoms with Crippen LogP contribution in [0.4, 0.5) is 0 Å². The van der Waals surface area contributed by atoms with Crippen molar-refractivity contribution in [2.75, 3.05) is 26.2 Å². The number of furan rings is 1. The first-order chi connectivity index (χ1) is 11.0. The Morgan fingerprint density at radius 1 is 1.43 bits per heavy atom. The molecule has 0 aliphatic carbocycles. The Hall–Kier alpha value is -1.33. The number of hydrogen-bond acceptors (Lipinski definition) is 4. The van der Waals surface area contributed by atoms with Crippen LogP contribution in [0.15, 0.2) is 16.5 Å². The van der Waals surface area contributed by atoms with E-state index in [0.29, 0.717) is 6.54 Å². The molecule has 23 heavy (non-hydrogen) atoms. The van der Waals surface area contributed by atoms with Gasteiger partial charge in [0.25, 0.3) is 0 Å². The zero-order chi connectivity index (χ0) is 16.4. The third-order valence-corrected chi connectivity index (χ3v) is 5.49. The van der Waals surface area contributed by atoms with E-state index in [0.717, 1.165) is 63.4 Å². The van der Waals surface area contributed by atoms with Crippen LogP contribution in [-0.2, 0) is 11.3 Å². The highest BCUT2D eigenvalue weighted by molar-refractivity contribution is 5.76. The van der Waals surface area contributed by atoms with Gasteiger partial charge in [-0.25, -0.2) is 0 Å². The Kier molecular flexibility index (Phi) is 4.78. The van der Waals surface area contributed by atoms with E-state index < -0.39 is 11.4 Å². The number of hydrogen-bond donors (Lipinski definition) is 1. The highest BCUT2D eigenvalue weighted by Crippen LogP contribution is 2.42. The second-order valence-electron chi connectivity index (χ2n) is 7.13. The van der Waals surface area contributed by atoms with Gasteiger partial charge in [-0.1, -0.05) is 6.92 Å². The molecule has 0 radical (unpaired) electrons. The van der Waals surface area contributed by atoms with Crippen molar-refractivity contribution in [1.82, 2.24) is 9.80 Å². The summed E-state index contributed by atoms with van der Waals surface area (Å²) < 4.78 is 5.72. The summed E-state index contributed by atoms with van der Waals surface area (Å²) in [6.07, 6.45) is 3.76. The molecule has 0 aromatic carbocycles. The lowest BCUT2D eigenvalue weighted by atomic mass is 9.69. The number of piperidine rings is 2. The molecule has 0 saturated carbocycles. The normalized spacial score (nSPS) is 29.4. The van der Waals surface area contributed by atoms with Crippen LogP contribution in [0, 0.1) is 12.3 Å². The van der Waals surface area contributed by atoms with Gasteiger partial charge in [0.2, 0.25) is 0 Å². The second-order valence-corrected chi connectivity index (χ2v) is 7.13. The van der Waals surface area contributed by atoms with E-state index in [1.165, 1.54) is 0 Å². The molecule has 2 aliphatic heterocycles. The molecule has 1 aromatic rings. The fraction of sp³-hybridized carbons (Fsp3) is 0.722. The minimum absolute atomic E-state index is 0.118. The summed E-state index contributed by atoms with van der Waals surface area (Å²) in [7, 11) is 0. The van der Waals surface area contributed by atoms with Crippen LogP contribution in [0.3, 0.4) is 0 Å². The summed E-state index contributed by atoms with van der Waals surface area (Å²) in [5.74, 6) is 1.24. The maximum Gasteiger partial charge on any atom is 0.312 e. The zero-order valence-corrected chi connectivity index (χ0v) is 14.3. The second kappa shape index (κ2) is 6.65. The molecule has 2 atom stereocenters. The van der Waals surface area contributed by atoms with Crippen molar-refractivity contribution in [3.63, 3.8) is 0 Å². The predicted octanol–water partition coefficient (Wildman–Crippen LogP) is 2.74. The van der Waals surface area contributed by atoms with Gasteiger partial charge in [0.15, 0.2) is 0 Å². The van der Waals surface area contributed by atoms with Gasteiger partial charge in [0.05, 0.1) is 12.0 Å². The summed E-state index contributed by atoms with van der Waals surface area (Å²) in [6, 6.07) is 4.11. The summed E-state index contributed by atoms with van der Waals surface area (Å²) in [5, 5.41) is 10.0. The molecule has 0 amide bonds. The van der Waals surface area contributed by atoms with Crippen molar-refractivity contribution in [1.29, 1.82) is 0 Å². The maximum atomic E-state index is 12.2. The van der Waals surface area contributed by atoms with Crippen LogP contribution in [-0.4, -0.2) is 53.1 Å². The van der Waals surface area contributed by atoms with Crippen LogP contribution in [0.25, 0.3) is 0 Å². The first-order valence-corrected chi connectivity index (χ1v) is 8.80. The van der Waals surface area contributed by atoms with Gasteiger partial charge in [0, 0.05) is 12.6 Å². The number of fused-ring (bicyclic) bond motifs is 1. The van der Waals surface area contributed by atoms with Crippen LogP contribution < -0.4 is 0 Å². The first-order valence-electron chi connectivity index (χ1n) is 8.80. The lowest BCUT2D eigenvalue weighted by Gasteiger charge is -2.52. The molecule has 1 aromatic heterocycles. The smallest absolute Gasteiger partial charge is 0.312 e. The van der Waals surface area contributed by atoms with Gasteiger partial charge in [-0.3, -0.25) is 9.69 Å². The van der Waals surface area contributed by atoms with Crippen LogP contribution >= 0.6 is 0 Å². The third-order valence-electron chi connectivity index (χ3n) is 5.49. The van der Waals surface area contributed by atoms with Crippen molar-refractivity contribution < 1.29 is 14.3 Å². The van der Waals surface area contributed by atoms with E-state index in [1.54, 1.807) is 0 Å². The highest BCUT2D eigenvalue weighted by atomic mass is 16.4. The number of nitrogens with zero attached hydrogens (tertiary/aromatic N) is 2. The SMILES string of the molecule is CCCN1CC[C@H]2N(Cc3ccc(C)o3)CCC[C@]2(C(=O)O)C1. The van der Waals surface area contributed by atoms with Gasteiger partial charge in [-0.05, 0) is 64.4 Å². The van der Waals surface area contributed by atoms with Crippen molar-refractivity contribution in [2.24, 2.45) is 5.41 Å². The average molecular weight is 320 g/mol. The summed E-state index contributed by atoms with van der Waals surface area (Å²) in [5.41, 5.74) is -0.618. The average Bonchev–Trinajstić information content (AvgIpc) is 2.92. The van der Waals surface area contributed by atoms with E-state index in [2.05, 4.69) is 16.7 Å². The molecule has 3 heterocycles. The number of carboxylic acid groups (broad SMARTS) is 1. The van der Waals surface area contributed by atoms with Crippen molar-refractivity contribution in [3.05, 3.63) is 23.7 Å². The number of rotatable bonds is 5. The number of aliphatic carboxylic acids is 1. The van der Waals surface area contributed by atoms with Crippen LogP contribution in [0.2, 0.25) is 0 Å². The quantitative estimate of drug-likeness (QED) is 0.904. The highest BCUT2D eigenvalue weighted by Gasteiger charge is 2.53. The van der Waals surface area contributed by atoms with E-state index in [4.69, 9.17) is 4.42 Å². The van der Waals surface area contributed by atoms with Crippen LogP contribution in [0.5, 0.6) is 0 Å². The van der Waals surface area contributed by atoms with Crippen LogP contribution in [0.1, 0.15) is 44.1 Å². The third kappa shape index (κ3) is 3.17. The summed E-state index contributed by atoms with van der Waals surface area (Å²) in [6.45, 7) is 8.49. The molecule has 5 nitrogen and oxygen atoms in total. The molecule has 0 unspecified atom stereocenters. The molecule has 2 aliphatic rings. The number of aryl methyl sites for hydroxylation is 1. The Morgan fingerprint density at radius 2 is 2.26 bits per heavy atom. The van der Waals surface area contributed by atoms with Gasteiger partial charge < -0.3 is 14.4 Å². The number of carbonyl (C=O) groups is 1. The Balaban J connectivity index is 1.80. The molecule has 2 fully saturated rings. The van der Waals surface area contributed by atoms with E-state index in [1.807, 2.05) is 19.1 Å². The number of carboxylic acids is 1. The van der Waals surface area contributed by atoms with Gasteiger partial charge in [-0.2, -0.15) is 0 Å². The van der Waals surface area contributed by atoms with Crippen molar-refractivity contribution in [2.45, 2.75) is 52.1 Å². The fourth-order valence-electron chi connectivity index (χ4n) is 4.48. The van der Waals surface area contributed by atoms with E-state index in [9.17, 15) is 9.90 Å². The predicted molar refractivity (Wildman–Crippen MR) is 88.3 cm³/mol. The van der Waals surface area contributed by atoms with Gasteiger partial charge in [-0.15, -0.1) is 0 Å². The summed E-state index contributed by atoms with van der Waals surface area (Å²) in [4.78, 5) is 16.9.